The van der Waals surface area contributed by atoms with E-state index in [2.05, 4.69) is 83.1 Å². The second-order valence-corrected chi connectivity index (χ2v) is 23.5. The molecule has 0 spiro atoms. The topological polar surface area (TPSA) is 0 Å². The molecule has 0 aliphatic rings. The summed E-state index contributed by atoms with van der Waals surface area (Å²) in [5.74, 6) is 0. The Labute approximate surface area is 193 Å². The summed E-state index contributed by atoms with van der Waals surface area (Å²) in [6, 6.07) is 0. The number of rotatable bonds is 12. The lowest BCUT2D eigenvalue weighted by atomic mass is 10.9. The molecule has 0 aliphatic carbocycles. The van der Waals surface area contributed by atoms with Crippen LogP contribution in [0.4, 0.5) is 0 Å². The molecule has 0 saturated heterocycles. The molecule has 0 nitrogen and oxygen atoms in total. The summed E-state index contributed by atoms with van der Waals surface area (Å²) in [5, 5.41) is 0. The number of halogens is 3. The van der Waals surface area contributed by atoms with Crippen LogP contribution in [0.15, 0.2) is 0 Å². The van der Waals surface area contributed by atoms with Crippen molar-refractivity contribution in [1.29, 1.82) is 0 Å². The molecule has 6 heteroatoms. The first kappa shape index (κ1) is 44.7. The maximum absolute atomic E-state index is 2.35. The van der Waals surface area contributed by atoms with Crippen LogP contribution in [-0.4, -0.2) is 73.9 Å². The van der Waals surface area contributed by atoms with E-state index in [0.29, 0.717) is 0 Å². The minimum Gasteiger partial charge on any atom is -1.00 e. The van der Waals surface area contributed by atoms with E-state index in [1.807, 2.05) is 0 Å². The molecule has 0 amide bonds. The lowest BCUT2D eigenvalue weighted by Crippen LogP contribution is -3.00. The Balaban J connectivity index is -0.0000000686. The third-order valence-electron chi connectivity index (χ3n) is 8.05. The van der Waals surface area contributed by atoms with E-state index in [1.165, 1.54) is 73.9 Å². The maximum atomic E-state index is 2.35. The molecule has 0 unspecified atom stereocenters. The molecule has 0 heterocycles. The zero-order valence-electron chi connectivity index (χ0n) is 23.0. The first-order valence-electron chi connectivity index (χ1n) is 12.3. The van der Waals surface area contributed by atoms with Gasteiger partial charge in [0, 0.05) is 21.8 Å². The Morgan fingerprint density at radius 3 is 0.300 bits per heavy atom. The van der Waals surface area contributed by atoms with Gasteiger partial charge in [0.25, 0.3) is 0 Å². The minimum absolute atomic E-state index is 0. The van der Waals surface area contributed by atoms with Crippen molar-refractivity contribution in [2.24, 2.45) is 0 Å². The van der Waals surface area contributed by atoms with E-state index >= 15 is 0 Å². The van der Waals surface area contributed by atoms with Gasteiger partial charge >= 0.3 is 0 Å². The predicted octanol–water partition coefficient (Wildman–Crippen LogP) is 0.263. The van der Waals surface area contributed by atoms with Crippen LogP contribution >= 0.6 is 21.8 Å². The van der Waals surface area contributed by atoms with Crippen molar-refractivity contribution in [3.8, 4) is 0 Å². The quantitative estimate of drug-likeness (QED) is 0.339. The van der Waals surface area contributed by atoms with E-state index in [4.69, 9.17) is 0 Å². The predicted molar refractivity (Wildman–Crippen MR) is 147 cm³/mol. The van der Waals surface area contributed by atoms with Crippen molar-refractivity contribution in [1.82, 2.24) is 0 Å². The van der Waals surface area contributed by atoms with Gasteiger partial charge in [-0.2, -0.15) is 0 Å². The third-order valence-corrected chi connectivity index (χ3v) is 24.1. The average Bonchev–Trinajstić information content (AvgIpc) is 2.75. The Morgan fingerprint density at radius 2 is 0.300 bits per heavy atom. The summed E-state index contributed by atoms with van der Waals surface area (Å²) in [7, 11) is -1.26. The van der Waals surface area contributed by atoms with Crippen LogP contribution in [0.25, 0.3) is 0 Å². The van der Waals surface area contributed by atoms with E-state index < -0.39 is 21.8 Å². The Kier molecular flexibility index (Phi) is 39.2. The molecule has 30 heavy (non-hydrogen) atoms. The van der Waals surface area contributed by atoms with Gasteiger partial charge in [0.15, 0.2) is 0 Å². The molecular weight excluding hydrogens is 438 g/mol. The van der Waals surface area contributed by atoms with E-state index in [0.717, 1.165) is 0 Å². The second kappa shape index (κ2) is 26.3. The van der Waals surface area contributed by atoms with Gasteiger partial charge in [0.2, 0.25) is 0 Å². The smallest absolute Gasteiger partial charge is 0.0565 e. The molecule has 0 aromatic heterocycles. The molecule has 0 saturated carbocycles. The summed E-state index contributed by atoms with van der Waals surface area (Å²) in [4.78, 5) is 0. The first-order valence-corrected chi connectivity index (χ1v) is 19.9. The molecule has 0 atom stereocenters. The van der Waals surface area contributed by atoms with Gasteiger partial charge in [-0.15, -0.1) is 0 Å². The number of hydrogen-bond acceptors (Lipinski definition) is 0. The van der Waals surface area contributed by atoms with Crippen molar-refractivity contribution in [2.45, 2.75) is 83.1 Å². The van der Waals surface area contributed by atoms with Crippen LogP contribution in [0, 0.1) is 0 Å². The lowest BCUT2D eigenvalue weighted by Gasteiger charge is -2.20. The van der Waals surface area contributed by atoms with Gasteiger partial charge in [0.05, 0.1) is 73.9 Å². The van der Waals surface area contributed by atoms with Crippen LogP contribution in [0.2, 0.25) is 0 Å². The van der Waals surface area contributed by atoms with Crippen LogP contribution in [-0.2, 0) is 0 Å². The van der Waals surface area contributed by atoms with Crippen molar-refractivity contribution < 1.29 is 14.1 Å². The summed E-state index contributed by atoms with van der Waals surface area (Å²) in [6.07, 6.45) is 17.5. The first-order chi connectivity index (χ1) is 12.7. The zero-order chi connectivity index (χ0) is 22.0. The highest BCUT2D eigenvalue weighted by Gasteiger charge is 2.28. The number of hydrogen-bond donors (Lipinski definition) is 0. The van der Waals surface area contributed by atoms with Crippen molar-refractivity contribution in [2.75, 3.05) is 73.9 Å². The highest BCUT2D eigenvalue weighted by atomic mass is 31.2. The van der Waals surface area contributed by atoms with Gasteiger partial charge in [-0.25, -0.2) is 0 Å². The van der Waals surface area contributed by atoms with Crippen LogP contribution in [0.3, 0.4) is 0 Å². The minimum atomic E-state index is -0.420. The van der Waals surface area contributed by atoms with Crippen molar-refractivity contribution >= 4 is 21.8 Å². The van der Waals surface area contributed by atoms with Gasteiger partial charge < -0.3 is 14.1 Å². The molecule has 0 bridgehead atoms. The molecule has 0 fully saturated rings. The Bertz CT molecular complexity index is 204. The SMILES string of the molecule is CC[P+](CC)(CC)CC.CC[P+](CC)(CC)CC.CC[P+](CC)(CC)CC.[F-].[F-].[F-]. The molecule has 0 radical (unpaired) electrons. The van der Waals surface area contributed by atoms with E-state index in [9.17, 15) is 0 Å². The summed E-state index contributed by atoms with van der Waals surface area (Å²) < 4.78 is 0. The van der Waals surface area contributed by atoms with Crippen molar-refractivity contribution in [3.63, 3.8) is 0 Å². The van der Waals surface area contributed by atoms with E-state index in [-0.39, 0.29) is 14.1 Å². The average molecular weight is 499 g/mol. The molecular formula is C24H60F3P3. The van der Waals surface area contributed by atoms with Gasteiger partial charge in [-0.05, 0) is 83.1 Å². The summed E-state index contributed by atoms with van der Waals surface area (Å²) in [5.41, 5.74) is 0. The molecule has 0 aromatic rings. The van der Waals surface area contributed by atoms with Crippen LogP contribution in [0.1, 0.15) is 83.1 Å². The monoisotopic (exact) mass is 498 g/mol. The molecule has 0 N–H and O–H groups in total. The fourth-order valence-electron chi connectivity index (χ4n) is 4.02. The molecule has 0 rings (SSSR count). The standard InChI is InChI=1S/3C8H20P.3FH/c3*1-5-9(6-2,7-3)8-4;;;/h3*5-8H2,1-4H3;3*1H/q3*+1;;;/p-3. The maximum Gasteiger partial charge on any atom is 0.0565 e. The third kappa shape index (κ3) is 16.7. The fraction of sp³-hybridized carbons (Fsp3) is 1.00. The van der Waals surface area contributed by atoms with Gasteiger partial charge in [-0.1, -0.05) is 0 Å². The summed E-state index contributed by atoms with van der Waals surface area (Å²) >= 11 is 0. The Hall–Kier alpha value is 1.08. The van der Waals surface area contributed by atoms with Gasteiger partial charge in [0.1, 0.15) is 0 Å². The highest BCUT2D eigenvalue weighted by Crippen LogP contribution is 2.58. The van der Waals surface area contributed by atoms with Crippen molar-refractivity contribution in [3.05, 3.63) is 0 Å². The Morgan fingerprint density at radius 1 is 0.233 bits per heavy atom. The summed E-state index contributed by atoms with van der Waals surface area (Å²) in [6.45, 7) is 28.2. The normalized spacial score (nSPS) is 10.8. The van der Waals surface area contributed by atoms with Crippen LogP contribution < -0.4 is 14.1 Å². The van der Waals surface area contributed by atoms with Gasteiger partial charge in [-0.3, -0.25) is 0 Å². The van der Waals surface area contributed by atoms with E-state index in [1.54, 1.807) is 0 Å². The largest absolute Gasteiger partial charge is 1.00 e. The fourth-order valence-corrected chi connectivity index (χ4v) is 12.1. The second-order valence-electron chi connectivity index (χ2n) is 7.82. The zero-order valence-corrected chi connectivity index (χ0v) is 25.6. The molecule has 0 aliphatic heterocycles. The lowest BCUT2D eigenvalue weighted by molar-refractivity contribution is -0.001000. The van der Waals surface area contributed by atoms with Crippen LogP contribution in [0.5, 0.6) is 0 Å². The molecule has 192 valence electrons. The highest BCUT2D eigenvalue weighted by molar-refractivity contribution is 7.76. The molecule has 0 aromatic carbocycles.